The molecule has 1 unspecified atom stereocenters. The van der Waals surface area contributed by atoms with E-state index in [0.717, 1.165) is 12.0 Å². The summed E-state index contributed by atoms with van der Waals surface area (Å²) in [4.78, 5) is 18.1. The van der Waals surface area contributed by atoms with Gasteiger partial charge in [0.2, 0.25) is 0 Å². The Labute approximate surface area is 110 Å². The molecule has 2 aromatic rings. The molecule has 2 heterocycles. The van der Waals surface area contributed by atoms with Gasteiger partial charge < -0.3 is 9.47 Å². The number of imidazole rings is 1. The van der Waals surface area contributed by atoms with Crippen LogP contribution in [0.25, 0.3) is 0 Å². The number of carbonyl (C=O) groups excluding carboxylic acids is 1. The molecule has 1 amide bonds. The van der Waals surface area contributed by atoms with Crippen molar-refractivity contribution in [2.75, 3.05) is 6.54 Å². The molecular formula is C14H14FN3O. The van der Waals surface area contributed by atoms with E-state index in [1.54, 1.807) is 35.1 Å². The van der Waals surface area contributed by atoms with E-state index < -0.39 is 0 Å². The lowest BCUT2D eigenvalue weighted by atomic mass is 9.94. The van der Waals surface area contributed by atoms with Crippen LogP contribution in [-0.2, 0) is 7.05 Å². The van der Waals surface area contributed by atoms with Crippen molar-refractivity contribution in [2.45, 2.75) is 12.5 Å². The van der Waals surface area contributed by atoms with Gasteiger partial charge >= 0.3 is 0 Å². The van der Waals surface area contributed by atoms with Crippen LogP contribution in [0.2, 0.25) is 0 Å². The van der Waals surface area contributed by atoms with Gasteiger partial charge in [-0.15, -0.1) is 0 Å². The number of hydrogen-bond donors (Lipinski definition) is 0. The first-order chi connectivity index (χ1) is 9.16. The second-order valence-corrected chi connectivity index (χ2v) is 4.75. The Morgan fingerprint density at radius 2 is 2.32 bits per heavy atom. The third-order valence-corrected chi connectivity index (χ3v) is 3.55. The lowest BCUT2D eigenvalue weighted by Crippen LogP contribution is -2.45. The average Bonchev–Trinajstić information content (AvgIpc) is 2.74. The van der Waals surface area contributed by atoms with E-state index >= 15 is 0 Å². The van der Waals surface area contributed by atoms with Gasteiger partial charge in [-0.2, -0.15) is 0 Å². The van der Waals surface area contributed by atoms with Crippen LogP contribution in [0.4, 0.5) is 4.39 Å². The van der Waals surface area contributed by atoms with E-state index in [2.05, 4.69) is 4.98 Å². The summed E-state index contributed by atoms with van der Waals surface area (Å²) in [6.45, 7) is 0.700. The van der Waals surface area contributed by atoms with Crippen molar-refractivity contribution < 1.29 is 9.18 Å². The second kappa shape index (κ2) is 4.50. The Morgan fingerprint density at radius 3 is 2.89 bits per heavy atom. The second-order valence-electron chi connectivity index (χ2n) is 4.75. The molecule has 19 heavy (non-hydrogen) atoms. The number of rotatable bonds is 2. The van der Waals surface area contributed by atoms with Gasteiger partial charge in [0, 0.05) is 13.6 Å². The van der Waals surface area contributed by atoms with Gasteiger partial charge in [0.05, 0.1) is 18.6 Å². The minimum Gasteiger partial charge on any atom is -0.330 e. The molecule has 1 atom stereocenters. The van der Waals surface area contributed by atoms with Crippen molar-refractivity contribution in [1.29, 1.82) is 0 Å². The standard InChI is InChI=1S/C14H14FN3O/c1-17-9-16-8-13(17)14(19)18-6-5-12(18)10-3-2-4-11(15)7-10/h2-4,7-9,12H,5-6H2,1H3. The van der Waals surface area contributed by atoms with E-state index in [0.29, 0.717) is 12.2 Å². The maximum absolute atomic E-state index is 13.2. The Morgan fingerprint density at radius 1 is 1.47 bits per heavy atom. The molecule has 1 aliphatic rings. The van der Waals surface area contributed by atoms with Crippen LogP contribution in [0, 0.1) is 5.82 Å². The zero-order valence-electron chi connectivity index (χ0n) is 10.6. The predicted molar refractivity (Wildman–Crippen MR) is 68.0 cm³/mol. The van der Waals surface area contributed by atoms with Crippen LogP contribution >= 0.6 is 0 Å². The Balaban J connectivity index is 1.84. The first kappa shape index (κ1) is 11.9. The lowest BCUT2D eigenvalue weighted by Gasteiger charge is -2.41. The van der Waals surface area contributed by atoms with E-state index in [9.17, 15) is 9.18 Å². The molecule has 0 bridgehead atoms. The van der Waals surface area contributed by atoms with Crippen molar-refractivity contribution in [3.63, 3.8) is 0 Å². The van der Waals surface area contributed by atoms with E-state index in [-0.39, 0.29) is 17.8 Å². The highest BCUT2D eigenvalue weighted by atomic mass is 19.1. The maximum Gasteiger partial charge on any atom is 0.272 e. The number of halogens is 1. The first-order valence-corrected chi connectivity index (χ1v) is 6.19. The molecule has 4 nitrogen and oxygen atoms in total. The molecule has 0 radical (unpaired) electrons. The number of aryl methyl sites for hydroxylation is 1. The Hall–Kier alpha value is -2.17. The summed E-state index contributed by atoms with van der Waals surface area (Å²) in [7, 11) is 1.79. The molecule has 0 N–H and O–H groups in total. The molecule has 98 valence electrons. The van der Waals surface area contributed by atoms with Gasteiger partial charge in [-0.3, -0.25) is 4.79 Å². The summed E-state index contributed by atoms with van der Waals surface area (Å²) < 4.78 is 14.9. The molecule has 0 spiro atoms. The van der Waals surface area contributed by atoms with Gasteiger partial charge in [-0.25, -0.2) is 9.37 Å². The van der Waals surface area contributed by atoms with Crippen LogP contribution in [0.3, 0.4) is 0 Å². The van der Waals surface area contributed by atoms with Crippen molar-refractivity contribution >= 4 is 5.91 Å². The van der Waals surface area contributed by atoms with Crippen molar-refractivity contribution in [1.82, 2.24) is 14.5 Å². The third kappa shape index (κ3) is 2.01. The summed E-state index contributed by atoms with van der Waals surface area (Å²) in [6, 6.07) is 6.41. The minimum absolute atomic E-state index is 0.0295. The van der Waals surface area contributed by atoms with Crippen LogP contribution in [0.5, 0.6) is 0 Å². The lowest BCUT2D eigenvalue weighted by molar-refractivity contribution is 0.0449. The fourth-order valence-corrected chi connectivity index (χ4v) is 2.40. The molecule has 1 aromatic heterocycles. The molecule has 1 aliphatic heterocycles. The van der Waals surface area contributed by atoms with E-state index in [1.807, 2.05) is 6.07 Å². The fraction of sp³-hybridized carbons (Fsp3) is 0.286. The molecule has 0 aliphatic carbocycles. The zero-order chi connectivity index (χ0) is 13.4. The highest BCUT2D eigenvalue weighted by molar-refractivity contribution is 5.93. The van der Waals surface area contributed by atoms with Crippen LogP contribution in [0.1, 0.15) is 28.5 Å². The molecular weight excluding hydrogens is 245 g/mol. The summed E-state index contributed by atoms with van der Waals surface area (Å²) in [5.74, 6) is -0.321. The summed E-state index contributed by atoms with van der Waals surface area (Å²) in [5.41, 5.74) is 1.41. The summed E-state index contributed by atoms with van der Waals surface area (Å²) >= 11 is 0. The number of amides is 1. The molecule has 5 heteroatoms. The Kier molecular flexibility index (Phi) is 2.81. The van der Waals surface area contributed by atoms with Gasteiger partial charge in [0.1, 0.15) is 11.5 Å². The smallest absolute Gasteiger partial charge is 0.272 e. The minimum atomic E-state index is -0.266. The average molecular weight is 259 g/mol. The number of nitrogens with zero attached hydrogens (tertiary/aromatic N) is 3. The number of hydrogen-bond acceptors (Lipinski definition) is 2. The van der Waals surface area contributed by atoms with Crippen LogP contribution in [0.15, 0.2) is 36.8 Å². The number of likely N-dealkylation sites (tertiary alicyclic amines) is 1. The molecule has 3 rings (SSSR count). The van der Waals surface area contributed by atoms with Gasteiger partial charge in [-0.05, 0) is 24.1 Å². The van der Waals surface area contributed by atoms with Gasteiger partial charge in [0.15, 0.2) is 0 Å². The van der Waals surface area contributed by atoms with Crippen LogP contribution < -0.4 is 0 Å². The monoisotopic (exact) mass is 259 g/mol. The third-order valence-electron chi connectivity index (χ3n) is 3.55. The highest BCUT2D eigenvalue weighted by Gasteiger charge is 2.34. The van der Waals surface area contributed by atoms with Crippen molar-refractivity contribution in [2.24, 2.45) is 7.05 Å². The molecule has 1 aromatic carbocycles. The highest BCUT2D eigenvalue weighted by Crippen LogP contribution is 2.34. The van der Waals surface area contributed by atoms with Crippen LogP contribution in [-0.4, -0.2) is 26.9 Å². The quantitative estimate of drug-likeness (QED) is 0.828. The number of benzene rings is 1. The molecule has 1 fully saturated rings. The maximum atomic E-state index is 13.2. The summed E-state index contributed by atoms with van der Waals surface area (Å²) in [5, 5.41) is 0. The van der Waals surface area contributed by atoms with Crippen molar-refractivity contribution in [3.05, 3.63) is 53.9 Å². The van der Waals surface area contributed by atoms with Crippen molar-refractivity contribution in [3.8, 4) is 0 Å². The first-order valence-electron chi connectivity index (χ1n) is 6.19. The topological polar surface area (TPSA) is 38.1 Å². The fourth-order valence-electron chi connectivity index (χ4n) is 2.40. The van der Waals surface area contributed by atoms with E-state index in [4.69, 9.17) is 0 Å². The summed E-state index contributed by atoms with van der Waals surface area (Å²) in [6.07, 6.45) is 4.03. The number of aromatic nitrogens is 2. The van der Waals surface area contributed by atoms with Gasteiger partial charge in [-0.1, -0.05) is 12.1 Å². The zero-order valence-corrected chi connectivity index (χ0v) is 10.6. The normalized spacial score (nSPS) is 18.2. The molecule has 0 saturated carbocycles. The number of carbonyl (C=O) groups is 1. The predicted octanol–water partition coefficient (Wildman–Crippen LogP) is 2.15. The van der Waals surface area contributed by atoms with E-state index in [1.165, 1.54) is 12.1 Å². The molecule has 1 saturated heterocycles. The SMILES string of the molecule is Cn1cncc1C(=O)N1CCC1c1cccc(F)c1. The Bertz CT molecular complexity index is 623. The largest absolute Gasteiger partial charge is 0.330 e. The van der Waals surface area contributed by atoms with Gasteiger partial charge in [0.25, 0.3) is 5.91 Å².